The van der Waals surface area contributed by atoms with E-state index in [0.717, 1.165) is 10.8 Å². The van der Waals surface area contributed by atoms with Crippen molar-refractivity contribution in [3.05, 3.63) is 17.9 Å². The van der Waals surface area contributed by atoms with E-state index in [1.54, 1.807) is 17.8 Å². The largest absolute Gasteiger partial charge is 0.494 e. The van der Waals surface area contributed by atoms with Crippen molar-refractivity contribution in [2.45, 2.75) is 42.8 Å². The highest BCUT2D eigenvalue weighted by atomic mass is 32.2. The van der Waals surface area contributed by atoms with Crippen LogP contribution in [0, 0.1) is 11.7 Å². The number of ether oxygens (including phenoxy) is 1. The quantitative estimate of drug-likeness (QED) is 0.839. The van der Waals surface area contributed by atoms with Gasteiger partial charge in [0, 0.05) is 21.9 Å². The highest BCUT2D eigenvalue weighted by Gasteiger charge is 2.21. The Labute approximate surface area is 112 Å². The van der Waals surface area contributed by atoms with Crippen LogP contribution in [-0.4, -0.2) is 12.4 Å². The third-order valence-electron chi connectivity index (χ3n) is 3.47. The fraction of sp³-hybridized carbons (Fsp3) is 0.571. The summed E-state index contributed by atoms with van der Waals surface area (Å²) in [5, 5.41) is 0.589. The zero-order chi connectivity index (χ0) is 13.1. The second-order valence-electron chi connectivity index (χ2n) is 5.04. The van der Waals surface area contributed by atoms with E-state index < -0.39 is 5.82 Å². The van der Waals surface area contributed by atoms with Gasteiger partial charge < -0.3 is 10.5 Å². The minimum Gasteiger partial charge on any atom is -0.494 e. The molecule has 2 nitrogen and oxygen atoms in total. The average Bonchev–Trinajstić information content (AvgIpc) is 2.33. The lowest BCUT2D eigenvalue weighted by atomic mass is 9.91. The van der Waals surface area contributed by atoms with Crippen LogP contribution >= 0.6 is 11.8 Å². The zero-order valence-electron chi connectivity index (χ0n) is 10.9. The minimum atomic E-state index is -0.392. The first-order chi connectivity index (χ1) is 8.60. The van der Waals surface area contributed by atoms with Crippen LogP contribution < -0.4 is 10.5 Å². The second-order valence-corrected chi connectivity index (χ2v) is 6.38. The lowest BCUT2D eigenvalue weighted by Crippen LogP contribution is -2.15. The van der Waals surface area contributed by atoms with Gasteiger partial charge in [0.25, 0.3) is 0 Å². The average molecular weight is 269 g/mol. The van der Waals surface area contributed by atoms with Crippen LogP contribution in [0.1, 0.15) is 32.6 Å². The molecule has 2 atom stereocenters. The molecular weight excluding hydrogens is 249 g/mol. The smallest absolute Gasteiger partial charge is 0.167 e. The first-order valence-corrected chi connectivity index (χ1v) is 7.27. The molecule has 18 heavy (non-hydrogen) atoms. The molecule has 2 rings (SSSR count). The van der Waals surface area contributed by atoms with Gasteiger partial charge in [0.1, 0.15) is 0 Å². The molecule has 1 aromatic rings. The first-order valence-electron chi connectivity index (χ1n) is 6.39. The van der Waals surface area contributed by atoms with Crippen LogP contribution in [0.15, 0.2) is 17.0 Å². The van der Waals surface area contributed by atoms with Crippen molar-refractivity contribution >= 4 is 17.4 Å². The molecule has 1 aliphatic rings. The fourth-order valence-corrected chi connectivity index (χ4v) is 3.91. The molecule has 0 aliphatic heterocycles. The first kappa shape index (κ1) is 13.5. The van der Waals surface area contributed by atoms with Crippen molar-refractivity contribution in [2.24, 2.45) is 5.92 Å². The van der Waals surface area contributed by atoms with Gasteiger partial charge in [0.05, 0.1) is 7.11 Å². The molecule has 2 N–H and O–H groups in total. The van der Waals surface area contributed by atoms with E-state index in [4.69, 9.17) is 10.5 Å². The molecule has 0 bridgehead atoms. The number of anilines is 1. The predicted molar refractivity (Wildman–Crippen MR) is 74.6 cm³/mol. The molecule has 1 saturated carbocycles. The van der Waals surface area contributed by atoms with E-state index in [-0.39, 0.29) is 5.75 Å². The van der Waals surface area contributed by atoms with Gasteiger partial charge in [0.2, 0.25) is 0 Å². The van der Waals surface area contributed by atoms with Gasteiger partial charge in [0.15, 0.2) is 11.6 Å². The van der Waals surface area contributed by atoms with Gasteiger partial charge in [-0.25, -0.2) is 4.39 Å². The summed E-state index contributed by atoms with van der Waals surface area (Å²) in [6, 6.07) is 3.07. The van der Waals surface area contributed by atoms with Crippen LogP contribution in [0.2, 0.25) is 0 Å². The summed E-state index contributed by atoms with van der Waals surface area (Å²) in [4.78, 5) is 0.937. The number of thioether (sulfide) groups is 1. The Balaban J connectivity index is 2.13. The summed E-state index contributed by atoms with van der Waals surface area (Å²) in [6.45, 7) is 2.29. The number of methoxy groups -OCH3 is 1. The lowest BCUT2D eigenvalue weighted by molar-refractivity contribution is 0.385. The minimum absolute atomic E-state index is 0.274. The maximum atomic E-state index is 13.5. The summed E-state index contributed by atoms with van der Waals surface area (Å²) in [5.74, 6) is 0.659. The molecule has 1 aromatic carbocycles. The van der Waals surface area contributed by atoms with Crippen LogP contribution in [0.3, 0.4) is 0 Å². The Bertz CT molecular complexity index is 425. The molecule has 100 valence electrons. The number of hydrogen-bond acceptors (Lipinski definition) is 3. The molecule has 0 saturated heterocycles. The highest BCUT2D eigenvalue weighted by Crippen LogP contribution is 2.40. The number of hydrogen-bond donors (Lipinski definition) is 1. The zero-order valence-corrected chi connectivity index (χ0v) is 11.7. The monoisotopic (exact) mass is 269 g/mol. The SMILES string of the molecule is COc1cc(SC2CCCC(C)C2)c(N)cc1F. The molecule has 0 aromatic heterocycles. The highest BCUT2D eigenvalue weighted by molar-refractivity contribution is 8.00. The molecule has 2 unspecified atom stereocenters. The van der Waals surface area contributed by atoms with Gasteiger partial charge in [-0.1, -0.05) is 19.8 Å². The number of benzene rings is 1. The Morgan fingerprint density at radius 3 is 2.83 bits per heavy atom. The summed E-state index contributed by atoms with van der Waals surface area (Å²) in [6.07, 6.45) is 5.02. The topological polar surface area (TPSA) is 35.2 Å². The molecule has 0 spiro atoms. The molecule has 0 amide bonds. The summed E-state index contributed by atoms with van der Waals surface area (Å²) in [5.41, 5.74) is 6.39. The van der Waals surface area contributed by atoms with E-state index in [9.17, 15) is 4.39 Å². The van der Waals surface area contributed by atoms with Crippen molar-refractivity contribution in [1.29, 1.82) is 0 Å². The number of nitrogen functional groups attached to an aromatic ring is 1. The summed E-state index contributed by atoms with van der Waals surface area (Å²) in [7, 11) is 1.48. The molecule has 4 heteroatoms. The Kier molecular flexibility index (Phi) is 4.38. The van der Waals surface area contributed by atoms with Crippen molar-refractivity contribution in [3.8, 4) is 5.75 Å². The molecule has 0 heterocycles. The van der Waals surface area contributed by atoms with E-state index in [0.29, 0.717) is 10.9 Å². The van der Waals surface area contributed by atoms with Crippen molar-refractivity contribution in [2.75, 3.05) is 12.8 Å². The van der Waals surface area contributed by atoms with Crippen LogP contribution in [0.4, 0.5) is 10.1 Å². The molecule has 1 fully saturated rings. The number of rotatable bonds is 3. The fourth-order valence-electron chi connectivity index (χ4n) is 2.47. The van der Waals surface area contributed by atoms with Crippen molar-refractivity contribution < 1.29 is 9.13 Å². The summed E-state index contributed by atoms with van der Waals surface area (Å²) < 4.78 is 18.5. The Morgan fingerprint density at radius 2 is 2.17 bits per heavy atom. The maximum Gasteiger partial charge on any atom is 0.167 e. The van der Waals surface area contributed by atoms with Crippen LogP contribution in [0.5, 0.6) is 5.75 Å². The normalized spacial score (nSPS) is 23.9. The Morgan fingerprint density at radius 1 is 1.39 bits per heavy atom. The summed E-state index contributed by atoms with van der Waals surface area (Å²) >= 11 is 1.76. The van der Waals surface area contributed by atoms with E-state index in [1.807, 2.05) is 0 Å². The van der Waals surface area contributed by atoms with Crippen LogP contribution in [-0.2, 0) is 0 Å². The van der Waals surface area contributed by atoms with Crippen LogP contribution in [0.25, 0.3) is 0 Å². The Hall–Kier alpha value is -0.900. The van der Waals surface area contributed by atoms with Crippen molar-refractivity contribution in [1.82, 2.24) is 0 Å². The molecular formula is C14H20FNOS. The van der Waals surface area contributed by atoms with Gasteiger partial charge in [-0.15, -0.1) is 11.8 Å². The lowest BCUT2D eigenvalue weighted by Gasteiger charge is -2.26. The van der Waals surface area contributed by atoms with E-state index in [2.05, 4.69) is 6.92 Å². The maximum absolute atomic E-state index is 13.5. The second kappa shape index (κ2) is 5.83. The number of halogens is 1. The van der Waals surface area contributed by atoms with Gasteiger partial charge in [-0.2, -0.15) is 0 Å². The van der Waals surface area contributed by atoms with Crippen molar-refractivity contribution in [3.63, 3.8) is 0 Å². The predicted octanol–water partition coefficient (Wildman–Crippen LogP) is 4.09. The van der Waals surface area contributed by atoms with Gasteiger partial charge in [-0.05, 0) is 24.8 Å². The third-order valence-corrected chi connectivity index (χ3v) is 4.84. The molecule has 0 radical (unpaired) electrons. The standard InChI is InChI=1S/C14H20FNOS/c1-9-4-3-5-10(6-9)18-14-8-13(17-2)11(15)7-12(14)16/h7-10H,3-6,16H2,1-2H3. The van der Waals surface area contributed by atoms with E-state index in [1.165, 1.54) is 38.9 Å². The van der Waals surface area contributed by atoms with E-state index >= 15 is 0 Å². The van der Waals surface area contributed by atoms with Gasteiger partial charge in [-0.3, -0.25) is 0 Å². The van der Waals surface area contributed by atoms with Gasteiger partial charge >= 0.3 is 0 Å². The number of nitrogens with two attached hydrogens (primary N) is 1. The third kappa shape index (κ3) is 3.10. The molecule has 1 aliphatic carbocycles.